The van der Waals surface area contributed by atoms with Crippen LogP contribution < -0.4 is 0 Å². The zero-order valence-electron chi connectivity index (χ0n) is 10.1. The van der Waals surface area contributed by atoms with Crippen LogP contribution in [0.2, 0.25) is 0 Å². The van der Waals surface area contributed by atoms with Gasteiger partial charge in [0.1, 0.15) is 0 Å². The van der Waals surface area contributed by atoms with Gasteiger partial charge in [-0.05, 0) is 26.2 Å². The van der Waals surface area contributed by atoms with Crippen LogP contribution in [0, 0.1) is 0 Å². The lowest BCUT2D eigenvalue weighted by Crippen LogP contribution is -2.06. The third-order valence-corrected chi connectivity index (χ3v) is 5.63. The molecule has 0 fully saturated rings. The molecule has 0 aromatic rings. The fourth-order valence-electron chi connectivity index (χ4n) is 1.11. The quantitative estimate of drug-likeness (QED) is 0.402. The molecule has 15 heavy (non-hydrogen) atoms. The molecular formula is C11H21O3P. The summed E-state index contributed by atoms with van der Waals surface area (Å²) in [6, 6.07) is 0. The first kappa shape index (κ1) is 14.4. The molecule has 0 amide bonds. The van der Waals surface area contributed by atoms with Crippen molar-refractivity contribution < 1.29 is 14.1 Å². The van der Waals surface area contributed by atoms with E-state index in [-0.39, 0.29) is 5.97 Å². The largest absolute Gasteiger partial charge is 0.463 e. The van der Waals surface area contributed by atoms with Crippen molar-refractivity contribution in [1.29, 1.82) is 0 Å². The summed E-state index contributed by atoms with van der Waals surface area (Å²) in [5.41, 5.74) is 0.555. The van der Waals surface area contributed by atoms with Gasteiger partial charge in [-0.1, -0.05) is 19.9 Å². The monoisotopic (exact) mass is 232 g/mol. The zero-order valence-corrected chi connectivity index (χ0v) is 11.0. The topological polar surface area (TPSA) is 43.4 Å². The Labute approximate surface area is 92.3 Å². The molecule has 0 aromatic heterocycles. The van der Waals surface area contributed by atoms with Gasteiger partial charge in [0.25, 0.3) is 0 Å². The van der Waals surface area contributed by atoms with Gasteiger partial charge in [0.05, 0.1) is 13.7 Å². The van der Waals surface area contributed by atoms with Crippen molar-refractivity contribution in [2.75, 3.05) is 25.1 Å². The Morgan fingerprint density at radius 3 is 2.20 bits per heavy atom. The highest BCUT2D eigenvalue weighted by molar-refractivity contribution is 7.64. The SMILES string of the molecule is CCOC(=O)C(C)=CCP(=O)(CC)CC. The molecular weight excluding hydrogens is 211 g/mol. The molecule has 0 saturated heterocycles. The molecule has 3 nitrogen and oxygen atoms in total. The molecule has 0 aromatic carbocycles. The summed E-state index contributed by atoms with van der Waals surface area (Å²) >= 11 is 0. The predicted molar refractivity (Wildman–Crippen MR) is 63.9 cm³/mol. The van der Waals surface area contributed by atoms with E-state index in [1.54, 1.807) is 19.9 Å². The number of carbonyl (C=O) groups is 1. The Balaban J connectivity index is 4.39. The summed E-state index contributed by atoms with van der Waals surface area (Å²) in [5, 5.41) is 0. The molecule has 0 spiro atoms. The minimum Gasteiger partial charge on any atom is -0.463 e. The fourth-order valence-corrected chi connectivity index (χ4v) is 2.68. The molecule has 0 heterocycles. The Bertz CT molecular complexity index is 274. The van der Waals surface area contributed by atoms with Crippen molar-refractivity contribution >= 4 is 13.1 Å². The van der Waals surface area contributed by atoms with Gasteiger partial charge in [-0.3, -0.25) is 0 Å². The molecule has 0 aliphatic heterocycles. The lowest BCUT2D eigenvalue weighted by atomic mass is 10.3. The van der Waals surface area contributed by atoms with E-state index in [9.17, 15) is 9.36 Å². The van der Waals surface area contributed by atoms with Crippen LogP contribution in [0.4, 0.5) is 0 Å². The summed E-state index contributed by atoms with van der Waals surface area (Å²) in [4.78, 5) is 11.3. The maximum atomic E-state index is 12.0. The summed E-state index contributed by atoms with van der Waals surface area (Å²) in [6.45, 7) is 7.71. The minimum absolute atomic E-state index is 0.309. The van der Waals surface area contributed by atoms with Crippen molar-refractivity contribution in [3.05, 3.63) is 11.6 Å². The molecule has 0 bridgehead atoms. The van der Waals surface area contributed by atoms with Crippen LogP contribution in [0.1, 0.15) is 27.7 Å². The van der Waals surface area contributed by atoms with Crippen LogP contribution in [-0.2, 0) is 14.1 Å². The highest BCUT2D eigenvalue weighted by Gasteiger charge is 2.15. The third-order valence-electron chi connectivity index (χ3n) is 2.48. The first-order valence-corrected chi connectivity index (χ1v) is 7.66. The van der Waals surface area contributed by atoms with Gasteiger partial charge in [-0.25, -0.2) is 4.79 Å². The average Bonchev–Trinajstić information content (AvgIpc) is 2.25. The smallest absolute Gasteiger partial charge is 0.333 e. The highest BCUT2D eigenvalue weighted by atomic mass is 31.2. The van der Waals surface area contributed by atoms with Crippen LogP contribution in [0.25, 0.3) is 0 Å². The van der Waals surface area contributed by atoms with Gasteiger partial charge in [-0.2, -0.15) is 0 Å². The second-order valence-electron chi connectivity index (χ2n) is 3.48. The second-order valence-corrected chi connectivity index (χ2v) is 7.23. The standard InChI is InChI=1S/C11H21O3P/c1-5-14-11(12)10(4)8-9-15(13,6-2)7-3/h8H,5-7,9H2,1-4H3. The maximum Gasteiger partial charge on any atom is 0.333 e. The van der Waals surface area contributed by atoms with Gasteiger partial charge >= 0.3 is 5.97 Å². The van der Waals surface area contributed by atoms with Crippen molar-refractivity contribution in [3.8, 4) is 0 Å². The second kappa shape index (κ2) is 6.84. The predicted octanol–water partition coefficient (Wildman–Crippen LogP) is 2.90. The number of hydrogen-bond donors (Lipinski definition) is 0. The molecule has 88 valence electrons. The van der Waals surface area contributed by atoms with Gasteiger partial charge in [0.15, 0.2) is 0 Å². The van der Waals surface area contributed by atoms with E-state index in [0.717, 1.165) is 0 Å². The van der Waals surface area contributed by atoms with Crippen molar-refractivity contribution in [3.63, 3.8) is 0 Å². The molecule has 0 rings (SSSR count). The lowest BCUT2D eigenvalue weighted by molar-refractivity contribution is -0.138. The van der Waals surface area contributed by atoms with Crippen LogP contribution in [-0.4, -0.2) is 31.1 Å². The van der Waals surface area contributed by atoms with E-state index in [4.69, 9.17) is 4.74 Å². The van der Waals surface area contributed by atoms with Crippen molar-refractivity contribution in [2.24, 2.45) is 0 Å². The van der Waals surface area contributed by atoms with E-state index in [0.29, 0.717) is 30.7 Å². The number of hydrogen-bond acceptors (Lipinski definition) is 3. The number of carbonyl (C=O) groups excluding carboxylic acids is 1. The van der Waals surface area contributed by atoms with E-state index < -0.39 is 7.14 Å². The first-order chi connectivity index (χ1) is 6.99. The Morgan fingerprint density at radius 2 is 1.80 bits per heavy atom. The summed E-state index contributed by atoms with van der Waals surface area (Å²) in [7, 11) is -2.08. The Morgan fingerprint density at radius 1 is 1.27 bits per heavy atom. The number of ether oxygens (including phenoxy) is 1. The van der Waals surface area contributed by atoms with Gasteiger partial charge in [0, 0.05) is 11.7 Å². The first-order valence-electron chi connectivity index (χ1n) is 5.40. The molecule has 0 aliphatic rings. The number of rotatable bonds is 6. The van der Waals surface area contributed by atoms with Gasteiger partial charge < -0.3 is 9.30 Å². The fraction of sp³-hybridized carbons (Fsp3) is 0.727. The van der Waals surface area contributed by atoms with E-state index in [2.05, 4.69) is 0 Å². The Kier molecular flexibility index (Phi) is 6.58. The van der Waals surface area contributed by atoms with Gasteiger partial charge in [-0.15, -0.1) is 0 Å². The third kappa shape index (κ3) is 5.17. The average molecular weight is 232 g/mol. The zero-order chi connectivity index (χ0) is 11.9. The minimum atomic E-state index is -2.08. The van der Waals surface area contributed by atoms with Crippen LogP contribution in [0.5, 0.6) is 0 Å². The molecule has 0 saturated carbocycles. The summed E-state index contributed by atoms with van der Waals surface area (Å²) < 4.78 is 16.9. The van der Waals surface area contributed by atoms with Crippen molar-refractivity contribution in [1.82, 2.24) is 0 Å². The number of allylic oxidation sites excluding steroid dienone is 1. The van der Waals surface area contributed by atoms with Crippen LogP contribution >= 0.6 is 7.14 Å². The number of esters is 1. The van der Waals surface area contributed by atoms with E-state index in [1.807, 2.05) is 13.8 Å². The normalized spacial score (nSPS) is 12.7. The van der Waals surface area contributed by atoms with E-state index >= 15 is 0 Å². The van der Waals surface area contributed by atoms with Gasteiger partial charge in [0.2, 0.25) is 0 Å². The van der Waals surface area contributed by atoms with Crippen molar-refractivity contribution in [2.45, 2.75) is 27.7 Å². The summed E-state index contributed by atoms with van der Waals surface area (Å²) in [5.74, 6) is -0.309. The summed E-state index contributed by atoms with van der Waals surface area (Å²) in [6.07, 6.45) is 3.63. The molecule has 0 aliphatic carbocycles. The molecule has 0 atom stereocenters. The van der Waals surface area contributed by atoms with Crippen LogP contribution in [0.15, 0.2) is 11.6 Å². The molecule has 0 radical (unpaired) electrons. The maximum absolute atomic E-state index is 12.0. The highest BCUT2D eigenvalue weighted by Crippen LogP contribution is 2.44. The molecule has 0 unspecified atom stereocenters. The molecule has 0 N–H and O–H groups in total. The van der Waals surface area contributed by atoms with Crippen LogP contribution in [0.3, 0.4) is 0 Å². The molecule has 4 heteroatoms. The van der Waals surface area contributed by atoms with E-state index in [1.165, 1.54) is 0 Å². The lowest BCUT2D eigenvalue weighted by Gasteiger charge is -2.11. The Hall–Kier alpha value is -0.560.